The molecule has 6 heteroatoms. The van der Waals surface area contributed by atoms with E-state index in [1.165, 1.54) is 6.08 Å². The summed E-state index contributed by atoms with van der Waals surface area (Å²) in [5.41, 5.74) is 2.42. The summed E-state index contributed by atoms with van der Waals surface area (Å²) >= 11 is 0. The van der Waals surface area contributed by atoms with Gasteiger partial charge in [0.25, 0.3) is 0 Å². The van der Waals surface area contributed by atoms with Gasteiger partial charge in [0, 0.05) is 31.4 Å². The first kappa shape index (κ1) is 15.5. The molecule has 1 aromatic heterocycles. The molecule has 0 saturated heterocycles. The third kappa shape index (κ3) is 4.59. The van der Waals surface area contributed by atoms with E-state index in [0.29, 0.717) is 12.1 Å². The fourth-order valence-corrected chi connectivity index (χ4v) is 1.90. The Morgan fingerprint density at radius 2 is 2.00 bits per heavy atom. The Bertz CT molecular complexity index is 687. The second-order valence-corrected chi connectivity index (χ2v) is 4.79. The van der Waals surface area contributed by atoms with E-state index >= 15 is 0 Å². The predicted octanol–water partition coefficient (Wildman–Crippen LogP) is 2.09. The molecule has 0 unspecified atom stereocenters. The van der Waals surface area contributed by atoms with Crippen LogP contribution in [-0.4, -0.2) is 26.8 Å². The van der Waals surface area contributed by atoms with E-state index in [-0.39, 0.29) is 12.3 Å². The second kappa shape index (κ2) is 7.21. The van der Waals surface area contributed by atoms with Crippen LogP contribution < -0.4 is 5.32 Å². The molecule has 6 nitrogen and oxygen atoms in total. The van der Waals surface area contributed by atoms with Gasteiger partial charge in [-0.2, -0.15) is 5.10 Å². The molecule has 22 heavy (non-hydrogen) atoms. The van der Waals surface area contributed by atoms with Gasteiger partial charge in [0.1, 0.15) is 0 Å². The summed E-state index contributed by atoms with van der Waals surface area (Å²) in [7, 11) is 1.80. The number of amides is 1. The molecule has 0 aliphatic rings. The highest BCUT2D eigenvalue weighted by molar-refractivity contribution is 6.01. The first-order valence-electron chi connectivity index (χ1n) is 6.82. The van der Waals surface area contributed by atoms with Crippen LogP contribution in [0.3, 0.4) is 0 Å². The van der Waals surface area contributed by atoms with Gasteiger partial charge >= 0.3 is 5.97 Å². The fraction of sp³-hybridized carbons (Fsp3) is 0.188. The van der Waals surface area contributed by atoms with Crippen LogP contribution in [0.4, 0.5) is 5.69 Å². The third-order valence-corrected chi connectivity index (χ3v) is 3.11. The molecule has 2 rings (SSSR count). The predicted molar refractivity (Wildman–Crippen MR) is 83.3 cm³/mol. The number of carboxylic acid groups (broad SMARTS) is 1. The van der Waals surface area contributed by atoms with Crippen molar-refractivity contribution in [3.05, 3.63) is 53.9 Å². The summed E-state index contributed by atoms with van der Waals surface area (Å²) < 4.78 is 1.67. The maximum atomic E-state index is 11.8. The molecule has 0 atom stereocenters. The van der Waals surface area contributed by atoms with Gasteiger partial charge in [-0.1, -0.05) is 12.1 Å². The smallest absolute Gasteiger partial charge is 0.303 e. The van der Waals surface area contributed by atoms with E-state index in [0.717, 1.165) is 11.3 Å². The summed E-state index contributed by atoms with van der Waals surface area (Å²) in [5.74, 6) is -1.06. The zero-order chi connectivity index (χ0) is 15.9. The minimum Gasteiger partial charge on any atom is -0.481 e. The summed E-state index contributed by atoms with van der Waals surface area (Å²) in [5, 5.41) is 15.4. The van der Waals surface area contributed by atoms with Crippen molar-refractivity contribution < 1.29 is 14.7 Å². The number of aliphatic carboxylic acids is 1. The SMILES string of the molecule is Cn1nccc1/C=C/C(=O)Nc1ccc(CCC(=O)O)cc1. The van der Waals surface area contributed by atoms with E-state index < -0.39 is 5.97 Å². The summed E-state index contributed by atoms with van der Waals surface area (Å²) in [4.78, 5) is 22.3. The number of rotatable bonds is 6. The Morgan fingerprint density at radius 3 is 2.59 bits per heavy atom. The van der Waals surface area contributed by atoms with Crippen molar-refractivity contribution in [2.45, 2.75) is 12.8 Å². The van der Waals surface area contributed by atoms with Crippen molar-refractivity contribution in [3.63, 3.8) is 0 Å². The van der Waals surface area contributed by atoms with Gasteiger partial charge in [-0.25, -0.2) is 0 Å². The van der Waals surface area contributed by atoms with E-state index in [1.807, 2.05) is 12.1 Å². The zero-order valence-corrected chi connectivity index (χ0v) is 12.2. The van der Waals surface area contributed by atoms with E-state index in [2.05, 4.69) is 10.4 Å². The minimum atomic E-state index is -0.822. The normalized spacial score (nSPS) is 10.8. The second-order valence-electron chi connectivity index (χ2n) is 4.79. The lowest BCUT2D eigenvalue weighted by atomic mass is 10.1. The molecule has 0 bridgehead atoms. The summed E-state index contributed by atoms with van der Waals surface area (Å²) in [6, 6.07) is 8.94. The highest BCUT2D eigenvalue weighted by Crippen LogP contribution is 2.11. The number of aromatic nitrogens is 2. The lowest BCUT2D eigenvalue weighted by Crippen LogP contribution is -2.08. The molecule has 114 valence electrons. The lowest BCUT2D eigenvalue weighted by molar-refractivity contribution is -0.137. The van der Waals surface area contributed by atoms with Crippen LogP contribution in [0.15, 0.2) is 42.6 Å². The number of carboxylic acids is 1. The Hall–Kier alpha value is -2.89. The number of benzene rings is 1. The van der Waals surface area contributed by atoms with Crippen molar-refractivity contribution in [2.24, 2.45) is 7.05 Å². The van der Waals surface area contributed by atoms with E-state index in [9.17, 15) is 9.59 Å². The van der Waals surface area contributed by atoms with Crippen molar-refractivity contribution in [3.8, 4) is 0 Å². The van der Waals surface area contributed by atoms with Gasteiger partial charge in [-0.15, -0.1) is 0 Å². The van der Waals surface area contributed by atoms with Gasteiger partial charge in [0.05, 0.1) is 5.69 Å². The molecule has 0 spiro atoms. The molecule has 0 saturated carbocycles. The Labute approximate surface area is 128 Å². The van der Waals surface area contributed by atoms with E-state index in [4.69, 9.17) is 5.11 Å². The Kier molecular flexibility index (Phi) is 5.08. The minimum absolute atomic E-state index is 0.0964. The topological polar surface area (TPSA) is 84.2 Å². The van der Waals surface area contributed by atoms with Gasteiger partial charge in [0.15, 0.2) is 0 Å². The number of hydrogen-bond acceptors (Lipinski definition) is 3. The third-order valence-electron chi connectivity index (χ3n) is 3.11. The highest BCUT2D eigenvalue weighted by atomic mass is 16.4. The number of nitrogens with one attached hydrogen (secondary N) is 1. The average molecular weight is 299 g/mol. The Morgan fingerprint density at radius 1 is 1.27 bits per heavy atom. The molecule has 0 aliphatic heterocycles. The number of hydrogen-bond donors (Lipinski definition) is 2. The summed E-state index contributed by atoms with van der Waals surface area (Å²) in [6.07, 6.45) is 5.36. The molecule has 1 amide bonds. The molecule has 0 fully saturated rings. The largest absolute Gasteiger partial charge is 0.481 e. The monoisotopic (exact) mass is 299 g/mol. The van der Waals surface area contributed by atoms with Gasteiger partial charge in [-0.3, -0.25) is 14.3 Å². The van der Waals surface area contributed by atoms with E-state index in [1.54, 1.807) is 42.2 Å². The molecule has 1 aromatic carbocycles. The lowest BCUT2D eigenvalue weighted by Gasteiger charge is -2.04. The number of aryl methyl sites for hydroxylation is 2. The molecular formula is C16H17N3O3. The highest BCUT2D eigenvalue weighted by Gasteiger charge is 2.01. The molecule has 2 N–H and O–H groups in total. The number of anilines is 1. The van der Waals surface area contributed by atoms with Crippen LogP contribution in [-0.2, 0) is 23.1 Å². The molecular weight excluding hydrogens is 282 g/mol. The number of nitrogens with zero attached hydrogens (tertiary/aromatic N) is 2. The first-order chi connectivity index (χ1) is 10.5. The van der Waals surface area contributed by atoms with Crippen LogP contribution in [0.5, 0.6) is 0 Å². The van der Waals surface area contributed by atoms with Gasteiger partial charge in [0.2, 0.25) is 5.91 Å². The van der Waals surface area contributed by atoms with Crippen molar-refractivity contribution in [1.29, 1.82) is 0 Å². The molecule has 1 heterocycles. The van der Waals surface area contributed by atoms with Crippen LogP contribution in [0.25, 0.3) is 6.08 Å². The number of carbonyl (C=O) groups excluding carboxylic acids is 1. The first-order valence-corrected chi connectivity index (χ1v) is 6.82. The standard InChI is InChI=1S/C16H17N3O3/c1-19-14(10-11-17-19)7-8-15(20)18-13-5-2-12(3-6-13)4-9-16(21)22/h2-3,5-8,10-11H,4,9H2,1H3,(H,18,20)(H,21,22)/b8-7+. The van der Waals surface area contributed by atoms with Gasteiger partial charge < -0.3 is 10.4 Å². The maximum Gasteiger partial charge on any atom is 0.303 e. The summed E-state index contributed by atoms with van der Waals surface area (Å²) in [6.45, 7) is 0. The molecule has 0 aliphatic carbocycles. The van der Waals surface area contributed by atoms with Crippen LogP contribution in [0.2, 0.25) is 0 Å². The molecule has 2 aromatic rings. The van der Waals surface area contributed by atoms with Crippen molar-refractivity contribution in [2.75, 3.05) is 5.32 Å². The zero-order valence-electron chi connectivity index (χ0n) is 12.2. The van der Waals surface area contributed by atoms with Gasteiger partial charge in [-0.05, 0) is 36.3 Å². The van der Waals surface area contributed by atoms with Crippen LogP contribution >= 0.6 is 0 Å². The van der Waals surface area contributed by atoms with Crippen LogP contribution in [0.1, 0.15) is 17.7 Å². The van der Waals surface area contributed by atoms with Crippen molar-refractivity contribution >= 4 is 23.6 Å². The number of carbonyl (C=O) groups is 2. The van der Waals surface area contributed by atoms with Crippen LogP contribution in [0, 0.1) is 0 Å². The Balaban J connectivity index is 1.90. The van der Waals surface area contributed by atoms with Crippen molar-refractivity contribution in [1.82, 2.24) is 9.78 Å². The molecule has 0 radical (unpaired) electrons. The fourth-order valence-electron chi connectivity index (χ4n) is 1.90. The average Bonchev–Trinajstić information content (AvgIpc) is 2.90. The maximum absolute atomic E-state index is 11.8. The quantitative estimate of drug-likeness (QED) is 0.800.